The van der Waals surface area contributed by atoms with Gasteiger partial charge in [-0.25, -0.2) is 13.8 Å². The van der Waals surface area contributed by atoms with Crippen molar-refractivity contribution in [1.29, 1.82) is 0 Å². The first-order chi connectivity index (χ1) is 13.1. The molecule has 0 spiro atoms. The van der Waals surface area contributed by atoms with Gasteiger partial charge in [0.25, 0.3) is 0 Å². The molecule has 1 aliphatic heterocycles. The first kappa shape index (κ1) is 16.1. The van der Waals surface area contributed by atoms with Gasteiger partial charge < -0.3 is 10.1 Å². The minimum absolute atomic E-state index is 0.109. The molecule has 3 aromatic heterocycles. The minimum atomic E-state index is -1.39. The Balaban J connectivity index is 1.50. The van der Waals surface area contributed by atoms with Crippen molar-refractivity contribution in [3.05, 3.63) is 54.5 Å². The van der Waals surface area contributed by atoms with Gasteiger partial charge in [-0.2, -0.15) is 0 Å². The van der Waals surface area contributed by atoms with Crippen molar-refractivity contribution in [2.24, 2.45) is 0 Å². The molecule has 5 rings (SSSR count). The van der Waals surface area contributed by atoms with Crippen LogP contribution >= 0.6 is 0 Å². The summed E-state index contributed by atoms with van der Waals surface area (Å²) >= 11 is 0. The second-order valence-corrected chi connectivity index (χ2v) is 6.67. The zero-order valence-electron chi connectivity index (χ0n) is 14.2. The average Bonchev–Trinajstić information content (AvgIpc) is 3.09. The number of hydrogen-bond acceptors (Lipinski definition) is 5. The van der Waals surface area contributed by atoms with Crippen LogP contribution in [0.1, 0.15) is 0 Å². The minimum Gasteiger partial charge on any atom is -0.490 e. The molecule has 1 N–H and O–H groups in total. The van der Waals surface area contributed by atoms with Crippen molar-refractivity contribution < 1.29 is 13.5 Å². The van der Waals surface area contributed by atoms with Crippen LogP contribution in [0.15, 0.2) is 48.7 Å². The predicted molar refractivity (Wildman–Crippen MR) is 95.9 cm³/mol. The summed E-state index contributed by atoms with van der Waals surface area (Å²) in [6, 6.07) is 11.9. The summed E-state index contributed by atoms with van der Waals surface area (Å²) in [5.41, 5.74) is 0.0107. The zero-order chi connectivity index (χ0) is 18.4. The summed E-state index contributed by atoms with van der Waals surface area (Å²) in [4.78, 5) is 4.41. The number of pyridine rings is 2. The molecule has 6 nitrogen and oxygen atoms in total. The van der Waals surface area contributed by atoms with Crippen LogP contribution in [0.2, 0.25) is 0 Å². The van der Waals surface area contributed by atoms with Gasteiger partial charge in [-0.15, -0.1) is 10.2 Å². The fraction of sp³-hybridized carbons (Fsp3) is 0.211. The third kappa shape index (κ3) is 2.78. The molecule has 0 aliphatic carbocycles. The summed E-state index contributed by atoms with van der Waals surface area (Å²) < 4.78 is 35.9. The van der Waals surface area contributed by atoms with Gasteiger partial charge in [0, 0.05) is 30.7 Å². The van der Waals surface area contributed by atoms with Crippen molar-refractivity contribution in [2.75, 3.05) is 19.7 Å². The Labute approximate surface area is 152 Å². The lowest BCUT2D eigenvalue weighted by Gasteiger charge is -2.34. The highest BCUT2D eigenvalue weighted by atomic mass is 19.1. The lowest BCUT2D eigenvalue weighted by Crippen LogP contribution is -2.59. The summed E-state index contributed by atoms with van der Waals surface area (Å²) in [5, 5.41) is 11.7. The van der Waals surface area contributed by atoms with E-state index in [1.807, 2.05) is 24.4 Å². The number of fused-ring (bicyclic) bond motifs is 2. The van der Waals surface area contributed by atoms with Crippen molar-refractivity contribution in [1.82, 2.24) is 24.9 Å². The molecule has 0 amide bonds. The van der Waals surface area contributed by atoms with Gasteiger partial charge in [0.05, 0.1) is 0 Å². The second-order valence-electron chi connectivity index (χ2n) is 6.67. The maximum atomic E-state index is 14.6. The van der Waals surface area contributed by atoms with Crippen molar-refractivity contribution in [2.45, 2.75) is 5.67 Å². The zero-order valence-corrected chi connectivity index (χ0v) is 14.2. The second kappa shape index (κ2) is 5.95. The van der Waals surface area contributed by atoms with E-state index in [1.54, 1.807) is 22.6 Å². The third-order valence-corrected chi connectivity index (χ3v) is 4.64. The highest BCUT2D eigenvalue weighted by molar-refractivity contribution is 5.83. The monoisotopic (exact) mass is 367 g/mol. The Bertz CT molecular complexity index is 1160. The summed E-state index contributed by atoms with van der Waals surface area (Å²) in [6.07, 6.45) is 1.83. The van der Waals surface area contributed by atoms with E-state index in [9.17, 15) is 8.78 Å². The van der Waals surface area contributed by atoms with Crippen LogP contribution in [0.5, 0.6) is 5.75 Å². The fourth-order valence-corrected chi connectivity index (χ4v) is 3.10. The van der Waals surface area contributed by atoms with Crippen LogP contribution in [-0.4, -0.2) is 44.9 Å². The topological polar surface area (TPSA) is 64.3 Å². The molecule has 0 unspecified atom stereocenters. The summed E-state index contributed by atoms with van der Waals surface area (Å²) in [5.74, 6) is 0.285. The highest BCUT2D eigenvalue weighted by Crippen LogP contribution is 2.27. The normalized spacial score (nSPS) is 15.8. The van der Waals surface area contributed by atoms with Gasteiger partial charge in [-0.1, -0.05) is 12.1 Å². The third-order valence-electron chi connectivity index (χ3n) is 4.64. The maximum absolute atomic E-state index is 14.6. The van der Waals surface area contributed by atoms with E-state index in [0.29, 0.717) is 22.6 Å². The van der Waals surface area contributed by atoms with E-state index in [-0.39, 0.29) is 31.0 Å². The number of nitrogens with zero attached hydrogens (tertiary/aromatic N) is 4. The number of hydrogen-bond donors (Lipinski definition) is 1. The lowest BCUT2D eigenvalue weighted by atomic mass is 10.0. The summed E-state index contributed by atoms with van der Waals surface area (Å²) in [7, 11) is 0. The predicted octanol–water partition coefficient (Wildman–Crippen LogP) is 2.77. The lowest BCUT2D eigenvalue weighted by molar-refractivity contribution is 0.0346. The van der Waals surface area contributed by atoms with Crippen LogP contribution in [0, 0.1) is 5.82 Å². The van der Waals surface area contributed by atoms with Gasteiger partial charge >= 0.3 is 0 Å². The number of halogens is 2. The quantitative estimate of drug-likeness (QED) is 0.601. The number of alkyl halides is 1. The van der Waals surface area contributed by atoms with Gasteiger partial charge in [0.15, 0.2) is 23.0 Å². The van der Waals surface area contributed by atoms with Crippen LogP contribution in [-0.2, 0) is 0 Å². The number of nitrogens with one attached hydrogen (secondary N) is 1. The fourth-order valence-electron chi connectivity index (χ4n) is 3.10. The number of rotatable bonds is 4. The first-order valence-corrected chi connectivity index (χ1v) is 8.54. The van der Waals surface area contributed by atoms with E-state index in [4.69, 9.17) is 4.74 Å². The molecule has 1 aromatic carbocycles. The van der Waals surface area contributed by atoms with Crippen molar-refractivity contribution in [3.63, 3.8) is 0 Å². The van der Waals surface area contributed by atoms with E-state index < -0.39 is 11.5 Å². The Morgan fingerprint density at radius 3 is 2.85 bits per heavy atom. The van der Waals surface area contributed by atoms with Crippen LogP contribution in [0.3, 0.4) is 0 Å². The van der Waals surface area contributed by atoms with Gasteiger partial charge in [0.2, 0.25) is 0 Å². The molecule has 1 fully saturated rings. The molecule has 1 saturated heterocycles. The Kier molecular flexibility index (Phi) is 3.54. The Morgan fingerprint density at radius 1 is 1.15 bits per heavy atom. The maximum Gasteiger partial charge on any atom is 0.187 e. The SMILES string of the molecule is Fc1cc(OCC2(F)CNC2)cc2ccc(-c3nnc4ccccn34)nc12. The van der Waals surface area contributed by atoms with Crippen LogP contribution in [0.4, 0.5) is 8.78 Å². The molecule has 1 aliphatic rings. The smallest absolute Gasteiger partial charge is 0.187 e. The molecule has 136 valence electrons. The van der Waals surface area contributed by atoms with Gasteiger partial charge in [0.1, 0.15) is 23.6 Å². The number of ether oxygens (including phenoxy) is 1. The molecular formula is C19H15F2N5O. The van der Waals surface area contributed by atoms with Gasteiger partial charge in [-0.05, 0) is 24.3 Å². The molecule has 0 bridgehead atoms. The molecule has 27 heavy (non-hydrogen) atoms. The molecule has 8 heteroatoms. The molecule has 0 atom stereocenters. The number of benzene rings is 1. The van der Waals surface area contributed by atoms with E-state index in [1.165, 1.54) is 6.07 Å². The summed E-state index contributed by atoms with van der Waals surface area (Å²) in [6.45, 7) is 0.392. The van der Waals surface area contributed by atoms with Crippen LogP contribution in [0.25, 0.3) is 28.1 Å². The molecule has 0 radical (unpaired) electrons. The number of aromatic nitrogens is 4. The van der Waals surface area contributed by atoms with Crippen molar-refractivity contribution >= 4 is 16.6 Å². The molecule has 4 aromatic rings. The average molecular weight is 367 g/mol. The van der Waals surface area contributed by atoms with Crippen LogP contribution < -0.4 is 10.1 Å². The van der Waals surface area contributed by atoms with Crippen molar-refractivity contribution in [3.8, 4) is 17.3 Å². The standard InChI is InChI=1S/C19H15F2N5O/c20-14-8-13(27-11-19(21)9-22-10-19)7-12-4-5-15(23-17(12)14)18-25-24-16-3-1-2-6-26(16)18/h1-8,22H,9-11H2. The van der Waals surface area contributed by atoms with Gasteiger partial charge in [-0.3, -0.25) is 4.40 Å². The van der Waals surface area contributed by atoms with E-state index in [0.717, 1.165) is 0 Å². The van der Waals surface area contributed by atoms with E-state index in [2.05, 4.69) is 20.5 Å². The highest BCUT2D eigenvalue weighted by Gasteiger charge is 2.37. The molecule has 4 heterocycles. The molecule has 0 saturated carbocycles. The largest absolute Gasteiger partial charge is 0.490 e. The first-order valence-electron chi connectivity index (χ1n) is 8.54. The van der Waals surface area contributed by atoms with E-state index >= 15 is 0 Å². The Hall–Kier alpha value is -3.13. The molecular weight excluding hydrogens is 352 g/mol. The Morgan fingerprint density at radius 2 is 2.04 bits per heavy atom.